The lowest BCUT2D eigenvalue weighted by Crippen LogP contribution is -2.59. The molecule has 2 rings (SSSR count). The Morgan fingerprint density at radius 1 is 1.47 bits per heavy atom. The van der Waals surface area contributed by atoms with Crippen LogP contribution in [0.15, 0.2) is 12.1 Å². The SMILES string of the molecule is CC1(O)CN(Cc2nc(Cl)ccc2Cl)C1. The molecule has 0 amide bonds. The molecule has 5 heteroatoms. The molecule has 1 aromatic rings. The maximum atomic E-state index is 9.56. The highest BCUT2D eigenvalue weighted by Crippen LogP contribution is 2.24. The number of pyridine rings is 1. The quantitative estimate of drug-likeness (QED) is 0.811. The third kappa shape index (κ3) is 2.61. The predicted molar refractivity (Wildman–Crippen MR) is 60.2 cm³/mol. The topological polar surface area (TPSA) is 36.4 Å². The number of aliphatic hydroxyl groups is 1. The summed E-state index contributed by atoms with van der Waals surface area (Å²) in [6.07, 6.45) is 0. The fourth-order valence-electron chi connectivity index (χ4n) is 1.81. The fourth-order valence-corrected chi connectivity index (χ4v) is 2.14. The first-order valence-corrected chi connectivity index (χ1v) is 5.47. The van der Waals surface area contributed by atoms with E-state index in [-0.39, 0.29) is 0 Å². The molecule has 0 radical (unpaired) electrons. The average molecular weight is 247 g/mol. The molecule has 0 spiro atoms. The van der Waals surface area contributed by atoms with Gasteiger partial charge >= 0.3 is 0 Å². The monoisotopic (exact) mass is 246 g/mol. The number of rotatable bonds is 2. The van der Waals surface area contributed by atoms with Gasteiger partial charge in [0.15, 0.2) is 0 Å². The van der Waals surface area contributed by atoms with E-state index in [1.54, 1.807) is 12.1 Å². The number of likely N-dealkylation sites (tertiary alicyclic amines) is 1. The zero-order valence-electron chi connectivity index (χ0n) is 8.37. The first-order chi connectivity index (χ1) is 6.96. The molecule has 1 aliphatic rings. The molecule has 0 saturated carbocycles. The van der Waals surface area contributed by atoms with Crippen molar-refractivity contribution in [1.29, 1.82) is 0 Å². The second-order valence-corrected chi connectivity index (χ2v) is 5.00. The van der Waals surface area contributed by atoms with E-state index in [0.29, 0.717) is 29.8 Å². The molecule has 1 fully saturated rings. The Kier molecular flexibility index (Phi) is 2.90. The minimum atomic E-state index is -0.564. The van der Waals surface area contributed by atoms with Gasteiger partial charge in [-0.05, 0) is 19.1 Å². The number of hydrogen-bond acceptors (Lipinski definition) is 3. The number of halogens is 2. The van der Waals surface area contributed by atoms with Crippen molar-refractivity contribution in [2.45, 2.75) is 19.1 Å². The highest BCUT2D eigenvalue weighted by molar-refractivity contribution is 6.32. The van der Waals surface area contributed by atoms with E-state index in [1.807, 2.05) is 6.92 Å². The largest absolute Gasteiger partial charge is 0.388 e. The molecular weight excluding hydrogens is 235 g/mol. The maximum Gasteiger partial charge on any atom is 0.129 e. The Hall–Kier alpha value is -0.350. The normalized spacial score (nSPS) is 20.0. The van der Waals surface area contributed by atoms with Crippen LogP contribution in [-0.4, -0.2) is 33.7 Å². The van der Waals surface area contributed by atoms with Crippen molar-refractivity contribution in [3.8, 4) is 0 Å². The van der Waals surface area contributed by atoms with Crippen LogP contribution in [0.2, 0.25) is 10.2 Å². The summed E-state index contributed by atoms with van der Waals surface area (Å²) in [5, 5.41) is 10.6. The zero-order chi connectivity index (χ0) is 11.1. The smallest absolute Gasteiger partial charge is 0.129 e. The fraction of sp³-hybridized carbons (Fsp3) is 0.500. The van der Waals surface area contributed by atoms with Crippen molar-refractivity contribution in [1.82, 2.24) is 9.88 Å². The highest BCUT2D eigenvalue weighted by Gasteiger charge is 2.36. The number of hydrogen-bond donors (Lipinski definition) is 1. The third-order valence-electron chi connectivity index (χ3n) is 2.39. The van der Waals surface area contributed by atoms with E-state index in [2.05, 4.69) is 9.88 Å². The summed E-state index contributed by atoms with van der Waals surface area (Å²) in [5.41, 5.74) is 0.199. The maximum absolute atomic E-state index is 9.56. The zero-order valence-corrected chi connectivity index (χ0v) is 9.89. The van der Waals surface area contributed by atoms with Crippen LogP contribution in [0.3, 0.4) is 0 Å². The van der Waals surface area contributed by atoms with E-state index < -0.39 is 5.60 Å². The van der Waals surface area contributed by atoms with E-state index in [1.165, 1.54) is 0 Å². The van der Waals surface area contributed by atoms with Gasteiger partial charge in [0.05, 0.1) is 16.3 Å². The predicted octanol–water partition coefficient (Wildman–Crippen LogP) is 1.96. The Balaban J connectivity index is 2.03. The van der Waals surface area contributed by atoms with Crippen molar-refractivity contribution in [3.05, 3.63) is 28.0 Å². The van der Waals surface area contributed by atoms with Crippen LogP contribution >= 0.6 is 23.2 Å². The van der Waals surface area contributed by atoms with Crippen LogP contribution < -0.4 is 0 Å². The molecule has 2 heterocycles. The Morgan fingerprint density at radius 3 is 2.73 bits per heavy atom. The molecule has 82 valence electrons. The van der Waals surface area contributed by atoms with Gasteiger partial charge in [0, 0.05) is 19.6 Å². The molecule has 0 unspecified atom stereocenters. The average Bonchev–Trinajstić information content (AvgIpc) is 2.08. The van der Waals surface area contributed by atoms with E-state index in [9.17, 15) is 5.11 Å². The molecule has 0 aromatic carbocycles. The van der Waals surface area contributed by atoms with E-state index in [0.717, 1.165) is 5.69 Å². The summed E-state index contributed by atoms with van der Waals surface area (Å²) in [6, 6.07) is 3.41. The first-order valence-electron chi connectivity index (χ1n) is 4.72. The third-order valence-corrected chi connectivity index (χ3v) is 2.94. The van der Waals surface area contributed by atoms with Gasteiger partial charge in [0.1, 0.15) is 5.15 Å². The van der Waals surface area contributed by atoms with Gasteiger partial charge in [-0.2, -0.15) is 0 Å². The van der Waals surface area contributed by atoms with Gasteiger partial charge < -0.3 is 5.11 Å². The summed E-state index contributed by atoms with van der Waals surface area (Å²) in [4.78, 5) is 6.23. The minimum Gasteiger partial charge on any atom is -0.388 e. The Labute approximate surface area is 98.6 Å². The summed E-state index contributed by atoms with van der Waals surface area (Å²) < 4.78 is 0. The van der Waals surface area contributed by atoms with Crippen molar-refractivity contribution in [2.75, 3.05) is 13.1 Å². The standard InChI is InChI=1S/C10H12Cl2N2O/c1-10(15)5-14(6-10)4-8-7(11)2-3-9(12)13-8/h2-3,15H,4-6H2,1H3. The highest BCUT2D eigenvalue weighted by atomic mass is 35.5. The second-order valence-electron chi connectivity index (χ2n) is 4.20. The summed E-state index contributed by atoms with van der Waals surface area (Å²) >= 11 is 11.8. The lowest BCUT2D eigenvalue weighted by atomic mass is 9.97. The molecule has 0 atom stereocenters. The van der Waals surface area contributed by atoms with E-state index in [4.69, 9.17) is 23.2 Å². The van der Waals surface area contributed by atoms with Crippen LogP contribution in [0.5, 0.6) is 0 Å². The van der Waals surface area contributed by atoms with E-state index >= 15 is 0 Å². The van der Waals surface area contributed by atoms with Crippen molar-refractivity contribution < 1.29 is 5.11 Å². The van der Waals surface area contributed by atoms with Gasteiger partial charge in [0.2, 0.25) is 0 Å². The molecule has 1 aromatic heterocycles. The second kappa shape index (κ2) is 3.91. The first kappa shape index (κ1) is 11.1. The van der Waals surface area contributed by atoms with Crippen molar-refractivity contribution in [3.63, 3.8) is 0 Å². The van der Waals surface area contributed by atoms with Gasteiger partial charge in [-0.3, -0.25) is 4.90 Å². The molecule has 3 nitrogen and oxygen atoms in total. The Bertz CT molecular complexity index is 374. The number of nitrogens with zero attached hydrogens (tertiary/aromatic N) is 2. The van der Waals surface area contributed by atoms with Crippen molar-refractivity contribution >= 4 is 23.2 Å². The van der Waals surface area contributed by atoms with Crippen LogP contribution in [0.1, 0.15) is 12.6 Å². The lowest BCUT2D eigenvalue weighted by molar-refractivity contribution is -0.0875. The molecule has 1 N–H and O–H groups in total. The lowest BCUT2D eigenvalue weighted by Gasteiger charge is -2.44. The Morgan fingerprint density at radius 2 is 2.13 bits per heavy atom. The summed E-state index contributed by atoms with van der Waals surface area (Å²) in [6.45, 7) is 3.75. The van der Waals surface area contributed by atoms with Crippen LogP contribution in [-0.2, 0) is 6.54 Å². The molecule has 0 bridgehead atoms. The molecule has 0 aliphatic carbocycles. The molecule has 1 aliphatic heterocycles. The molecular formula is C10H12Cl2N2O. The van der Waals surface area contributed by atoms with Crippen LogP contribution in [0.4, 0.5) is 0 Å². The summed E-state index contributed by atoms with van der Waals surface area (Å²) in [5.74, 6) is 0. The van der Waals surface area contributed by atoms with Gasteiger partial charge in [-0.25, -0.2) is 4.98 Å². The van der Waals surface area contributed by atoms with Crippen molar-refractivity contribution in [2.24, 2.45) is 0 Å². The minimum absolute atomic E-state index is 0.446. The van der Waals surface area contributed by atoms with Crippen LogP contribution in [0.25, 0.3) is 0 Å². The molecule has 15 heavy (non-hydrogen) atoms. The summed E-state index contributed by atoms with van der Waals surface area (Å²) in [7, 11) is 0. The molecule has 1 saturated heterocycles. The van der Waals surface area contributed by atoms with Crippen LogP contribution in [0, 0.1) is 0 Å². The number of β-amino-alcohol motifs (C(OH)–C–C–N with tert-alkyl or cyclic N) is 1. The number of aromatic nitrogens is 1. The van der Waals surface area contributed by atoms with Gasteiger partial charge in [0.25, 0.3) is 0 Å². The van der Waals surface area contributed by atoms with Gasteiger partial charge in [-0.1, -0.05) is 23.2 Å². The van der Waals surface area contributed by atoms with Gasteiger partial charge in [-0.15, -0.1) is 0 Å².